The fraction of sp³-hybridized carbons (Fsp3) is 0.263. The minimum Gasteiger partial charge on any atom is -0.352 e. The largest absolute Gasteiger partial charge is 0.352 e. The van der Waals surface area contributed by atoms with Gasteiger partial charge in [0, 0.05) is 6.04 Å². The van der Waals surface area contributed by atoms with Crippen LogP contribution in [0.4, 0.5) is 0 Å². The van der Waals surface area contributed by atoms with Crippen LogP contribution >= 0.6 is 11.5 Å². The van der Waals surface area contributed by atoms with Gasteiger partial charge in [0.15, 0.2) is 0 Å². The lowest BCUT2D eigenvalue weighted by atomic mass is 10.1. The van der Waals surface area contributed by atoms with E-state index in [1.54, 1.807) is 6.07 Å². The Balaban J connectivity index is 1.56. The minimum absolute atomic E-state index is 0.0720. The van der Waals surface area contributed by atoms with E-state index in [2.05, 4.69) is 17.4 Å². The second-order valence-corrected chi connectivity index (χ2v) is 6.99. The summed E-state index contributed by atoms with van der Waals surface area (Å²) < 4.78 is 2.43. The maximum absolute atomic E-state index is 12.3. The Hall–Kier alpha value is -2.40. The van der Waals surface area contributed by atoms with Gasteiger partial charge in [-0.3, -0.25) is 13.5 Å². The summed E-state index contributed by atoms with van der Waals surface area (Å²) in [6.45, 7) is 2.07. The zero-order valence-corrected chi connectivity index (χ0v) is 14.4. The highest BCUT2D eigenvalue weighted by molar-refractivity contribution is 7.13. The molecule has 4 nitrogen and oxygen atoms in total. The van der Waals surface area contributed by atoms with Crippen LogP contribution in [0.15, 0.2) is 59.4 Å². The van der Waals surface area contributed by atoms with Gasteiger partial charge in [-0.25, -0.2) is 0 Å². The van der Waals surface area contributed by atoms with Crippen molar-refractivity contribution in [1.82, 2.24) is 9.27 Å². The maximum Gasteiger partial charge on any atom is 0.268 e. The fourth-order valence-electron chi connectivity index (χ4n) is 2.67. The number of nitrogens with zero attached hydrogens (tertiary/aromatic N) is 1. The van der Waals surface area contributed by atoms with Gasteiger partial charge in [-0.1, -0.05) is 54.0 Å². The van der Waals surface area contributed by atoms with Gasteiger partial charge in [0.25, 0.3) is 5.56 Å². The lowest BCUT2D eigenvalue weighted by Gasteiger charge is -2.13. The molecule has 0 aliphatic rings. The highest BCUT2D eigenvalue weighted by Crippen LogP contribution is 2.15. The summed E-state index contributed by atoms with van der Waals surface area (Å²) in [6.07, 6.45) is 1.79. The van der Waals surface area contributed by atoms with Gasteiger partial charge in [0.1, 0.15) is 6.54 Å². The van der Waals surface area contributed by atoms with E-state index < -0.39 is 0 Å². The molecule has 3 aromatic rings. The predicted octanol–water partition coefficient (Wildman–Crippen LogP) is 3.20. The van der Waals surface area contributed by atoms with E-state index in [9.17, 15) is 9.59 Å². The van der Waals surface area contributed by atoms with E-state index in [1.807, 2.05) is 43.3 Å². The molecule has 0 aliphatic carbocycles. The first-order valence-electron chi connectivity index (χ1n) is 8.05. The summed E-state index contributed by atoms with van der Waals surface area (Å²) in [4.78, 5) is 24.5. The van der Waals surface area contributed by atoms with Crippen molar-refractivity contribution in [3.8, 4) is 0 Å². The molecule has 24 heavy (non-hydrogen) atoms. The summed E-state index contributed by atoms with van der Waals surface area (Å²) in [5, 5.41) is 3.65. The zero-order chi connectivity index (χ0) is 16.9. The number of nitrogens with one attached hydrogen (secondary N) is 1. The molecule has 1 unspecified atom stereocenters. The third-order valence-electron chi connectivity index (χ3n) is 3.96. The van der Waals surface area contributed by atoms with Gasteiger partial charge < -0.3 is 5.32 Å². The Morgan fingerprint density at radius 2 is 1.83 bits per heavy atom. The van der Waals surface area contributed by atoms with Crippen molar-refractivity contribution >= 4 is 27.5 Å². The van der Waals surface area contributed by atoms with Crippen molar-refractivity contribution in [1.29, 1.82) is 0 Å². The highest BCUT2D eigenvalue weighted by Gasteiger charge is 2.12. The van der Waals surface area contributed by atoms with Crippen LogP contribution in [0.25, 0.3) is 10.1 Å². The van der Waals surface area contributed by atoms with Crippen LogP contribution < -0.4 is 10.9 Å². The summed E-state index contributed by atoms with van der Waals surface area (Å²) in [5.41, 5.74) is 1.17. The van der Waals surface area contributed by atoms with E-state index in [1.165, 1.54) is 21.1 Å². The first-order valence-corrected chi connectivity index (χ1v) is 8.83. The molecule has 1 amide bonds. The summed E-state index contributed by atoms with van der Waals surface area (Å²) >= 11 is 1.33. The SMILES string of the molecule is CC(CCc1ccccc1)NC(=O)Cn1sc2ccccc2c1=O. The standard InChI is InChI=1S/C19H20N2O2S/c1-14(11-12-15-7-3-2-4-8-15)20-18(22)13-21-19(23)16-9-5-6-10-17(16)24-21/h2-10,14H,11-13H2,1H3,(H,20,22). The Morgan fingerprint density at radius 3 is 2.58 bits per heavy atom. The van der Waals surface area contributed by atoms with E-state index in [-0.39, 0.29) is 24.1 Å². The third kappa shape index (κ3) is 3.92. The van der Waals surface area contributed by atoms with Gasteiger partial charge in [-0.2, -0.15) is 0 Å². The molecule has 1 atom stereocenters. The number of fused-ring (bicyclic) bond motifs is 1. The Labute approximate surface area is 144 Å². The summed E-state index contributed by atoms with van der Waals surface area (Å²) in [7, 11) is 0. The Bertz CT molecular complexity index is 883. The molecule has 1 heterocycles. The number of benzene rings is 2. The molecule has 0 radical (unpaired) electrons. The first kappa shape index (κ1) is 16.5. The van der Waals surface area contributed by atoms with Crippen molar-refractivity contribution in [3.63, 3.8) is 0 Å². The number of hydrogen-bond acceptors (Lipinski definition) is 3. The molecule has 5 heteroatoms. The fourth-order valence-corrected chi connectivity index (χ4v) is 3.67. The van der Waals surface area contributed by atoms with E-state index in [4.69, 9.17) is 0 Å². The van der Waals surface area contributed by atoms with E-state index >= 15 is 0 Å². The summed E-state index contributed by atoms with van der Waals surface area (Å²) in [5.74, 6) is -0.121. The quantitative estimate of drug-likeness (QED) is 0.749. The van der Waals surface area contributed by atoms with Crippen LogP contribution in [0.3, 0.4) is 0 Å². The smallest absolute Gasteiger partial charge is 0.268 e. The molecule has 3 rings (SSSR count). The van der Waals surface area contributed by atoms with Gasteiger partial charge in [-0.15, -0.1) is 0 Å². The van der Waals surface area contributed by atoms with Crippen LogP contribution in [0.2, 0.25) is 0 Å². The van der Waals surface area contributed by atoms with Crippen molar-refractivity contribution in [2.24, 2.45) is 0 Å². The lowest BCUT2D eigenvalue weighted by molar-refractivity contribution is -0.122. The van der Waals surface area contributed by atoms with Crippen molar-refractivity contribution in [3.05, 3.63) is 70.5 Å². The summed E-state index contributed by atoms with van der Waals surface area (Å²) in [6, 6.07) is 17.7. The topological polar surface area (TPSA) is 51.1 Å². The average Bonchev–Trinajstić information content (AvgIpc) is 2.90. The second kappa shape index (κ2) is 7.45. The Morgan fingerprint density at radius 1 is 1.12 bits per heavy atom. The molecule has 1 aromatic heterocycles. The number of amides is 1. The molecule has 1 N–H and O–H groups in total. The van der Waals surface area contributed by atoms with Gasteiger partial charge >= 0.3 is 0 Å². The number of carbonyl (C=O) groups excluding carboxylic acids is 1. The van der Waals surface area contributed by atoms with Crippen molar-refractivity contribution < 1.29 is 4.79 Å². The second-order valence-electron chi connectivity index (χ2n) is 5.92. The number of aromatic nitrogens is 1. The molecule has 0 saturated carbocycles. The molecular weight excluding hydrogens is 320 g/mol. The van der Waals surface area contributed by atoms with E-state index in [0.29, 0.717) is 5.39 Å². The number of carbonyl (C=O) groups is 1. The van der Waals surface area contributed by atoms with Crippen molar-refractivity contribution in [2.45, 2.75) is 32.4 Å². The molecule has 124 valence electrons. The van der Waals surface area contributed by atoms with Gasteiger partial charge in [0.2, 0.25) is 5.91 Å². The molecule has 0 aliphatic heterocycles. The van der Waals surface area contributed by atoms with Crippen LogP contribution in [0, 0.1) is 0 Å². The lowest BCUT2D eigenvalue weighted by Crippen LogP contribution is -2.36. The van der Waals surface area contributed by atoms with Gasteiger partial charge in [-0.05, 0) is 37.5 Å². The van der Waals surface area contributed by atoms with Crippen LogP contribution in [-0.4, -0.2) is 15.9 Å². The van der Waals surface area contributed by atoms with E-state index in [0.717, 1.165) is 17.5 Å². The predicted molar refractivity (Wildman–Crippen MR) is 98.5 cm³/mol. The van der Waals surface area contributed by atoms with Crippen LogP contribution in [0.5, 0.6) is 0 Å². The van der Waals surface area contributed by atoms with Crippen LogP contribution in [-0.2, 0) is 17.8 Å². The first-order chi connectivity index (χ1) is 11.6. The van der Waals surface area contributed by atoms with Crippen molar-refractivity contribution in [2.75, 3.05) is 0 Å². The molecule has 0 bridgehead atoms. The molecule has 2 aromatic carbocycles. The minimum atomic E-state index is -0.121. The monoisotopic (exact) mass is 340 g/mol. The number of hydrogen-bond donors (Lipinski definition) is 1. The normalized spacial score (nSPS) is 12.2. The average molecular weight is 340 g/mol. The maximum atomic E-state index is 12.3. The molecular formula is C19H20N2O2S. The number of aryl methyl sites for hydroxylation is 1. The van der Waals surface area contributed by atoms with Crippen LogP contribution in [0.1, 0.15) is 18.9 Å². The molecule has 0 saturated heterocycles. The molecule has 0 spiro atoms. The number of rotatable bonds is 6. The third-order valence-corrected chi connectivity index (χ3v) is 5.02. The highest BCUT2D eigenvalue weighted by atomic mass is 32.1. The zero-order valence-electron chi connectivity index (χ0n) is 13.6. The Kier molecular flexibility index (Phi) is 5.11. The van der Waals surface area contributed by atoms with Gasteiger partial charge in [0.05, 0.1) is 10.1 Å². The molecule has 0 fully saturated rings.